The summed E-state index contributed by atoms with van der Waals surface area (Å²) in [4.78, 5) is 4.25. The third-order valence-corrected chi connectivity index (χ3v) is 1.41. The molecule has 0 aliphatic carbocycles. The van der Waals surface area contributed by atoms with E-state index in [1.54, 1.807) is 0 Å². The number of aryl methyl sites for hydroxylation is 1. The Bertz CT molecular complexity index is 321. The van der Waals surface area contributed by atoms with Crippen LogP contribution >= 0.6 is 0 Å². The van der Waals surface area contributed by atoms with Crippen LogP contribution in [-0.4, -0.2) is 4.98 Å². The van der Waals surface area contributed by atoms with Gasteiger partial charge in [0.15, 0.2) is 0 Å². The Hall–Kier alpha value is -1.62. The first-order valence-electron chi connectivity index (χ1n) is 3.80. The molecule has 0 aromatic carbocycles. The van der Waals surface area contributed by atoms with Crippen LogP contribution < -0.4 is 0 Å². The Kier molecular flexibility index (Phi) is 3.04. The zero-order valence-electron chi connectivity index (χ0n) is 6.99. The minimum Gasteiger partial charge on any atom is -0.254 e. The van der Waals surface area contributed by atoms with Gasteiger partial charge in [-0.05, 0) is 25.1 Å². The largest absolute Gasteiger partial charge is 0.254 e. The lowest BCUT2D eigenvalue weighted by molar-refractivity contribution is 1.18. The second-order valence-corrected chi connectivity index (χ2v) is 2.47. The fourth-order valence-corrected chi connectivity index (χ4v) is 0.889. The summed E-state index contributed by atoms with van der Waals surface area (Å²) in [5, 5.41) is 8.28. The van der Waals surface area contributed by atoms with Crippen LogP contribution in [0.3, 0.4) is 0 Å². The van der Waals surface area contributed by atoms with Crippen molar-refractivity contribution >= 4 is 6.08 Å². The van der Waals surface area contributed by atoms with E-state index in [1.165, 1.54) is 0 Å². The lowest BCUT2D eigenvalue weighted by atomic mass is 10.3. The molecule has 0 saturated heterocycles. The van der Waals surface area contributed by atoms with Gasteiger partial charge in [-0.2, -0.15) is 5.26 Å². The summed E-state index contributed by atoms with van der Waals surface area (Å²) in [5.74, 6) is 0. The molecule has 0 unspecified atom stereocenters. The Morgan fingerprint density at radius 1 is 1.58 bits per heavy atom. The second kappa shape index (κ2) is 4.30. The van der Waals surface area contributed by atoms with Crippen molar-refractivity contribution in [2.45, 2.75) is 13.3 Å². The molecule has 0 spiro atoms. The lowest BCUT2D eigenvalue weighted by Gasteiger charge is -1.92. The van der Waals surface area contributed by atoms with E-state index in [1.807, 2.05) is 43.3 Å². The van der Waals surface area contributed by atoms with Gasteiger partial charge in [0.1, 0.15) is 0 Å². The maximum Gasteiger partial charge on any atom is 0.0663 e. The summed E-state index contributed by atoms with van der Waals surface area (Å²) in [6.45, 7) is 1.95. The van der Waals surface area contributed by atoms with Crippen molar-refractivity contribution in [3.05, 3.63) is 35.7 Å². The van der Waals surface area contributed by atoms with E-state index < -0.39 is 0 Å². The van der Waals surface area contributed by atoms with Crippen LogP contribution in [0.2, 0.25) is 0 Å². The van der Waals surface area contributed by atoms with Crippen LogP contribution in [0.5, 0.6) is 0 Å². The molecular formula is C10H10N2. The molecule has 0 aliphatic rings. The van der Waals surface area contributed by atoms with Crippen LogP contribution in [0.1, 0.15) is 17.8 Å². The molecule has 2 nitrogen and oxygen atoms in total. The van der Waals surface area contributed by atoms with E-state index in [4.69, 9.17) is 5.26 Å². The van der Waals surface area contributed by atoms with Crippen LogP contribution in [0, 0.1) is 18.3 Å². The molecular weight excluding hydrogens is 148 g/mol. The van der Waals surface area contributed by atoms with Crippen molar-refractivity contribution in [3.63, 3.8) is 0 Å². The Labute approximate surface area is 72.2 Å². The van der Waals surface area contributed by atoms with E-state index >= 15 is 0 Å². The fraction of sp³-hybridized carbons (Fsp3) is 0.200. The van der Waals surface area contributed by atoms with Gasteiger partial charge in [-0.1, -0.05) is 12.1 Å². The van der Waals surface area contributed by atoms with Crippen LogP contribution in [0.4, 0.5) is 0 Å². The summed E-state index contributed by atoms with van der Waals surface area (Å²) in [5.41, 5.74) is 1.90. The average molecular weight is 158 g/mol. The van der Waals surface area contributed by atoms with Crippen LogP contribution in [0.15, 0.2) is 24.3 Å². The Morgan fingerprint density at radius 2 is 2.42 bits per heavy atom. The summed E-state index contributed by atoms with van der Waals surface area (Å²) in [6.07, 6.45) is 4.10. The minimum absolute atomic E-state index is 0.440. The number of nitriles is 1. The second-order valence-electron chi connectivity index (χ2n) is 2.47. The zero-order valence-corrected chi connectivity index (χ0v) is 6.99. The molecule has 0 saturated carbocycles. The van der Waals surface area contributed by atoms with E-state index in [2.05, 4.69) is 4.98 Å². The van der Waals surface area contributed by atoms with Crippen LogP contribution in [-0.2, 0) is 0 Å². The minimum atomic E-state index is 0.440. The monoisotopic (exact) mass is 158 g/mol. The maximum absolute atomic E-state index is 8.28. The number of hydrogen-bond donors (Lipinski definition) is 0. The number of rotatable bonds is 2. The summed E-state index contributed by atoms with van der Waals surface area (Å²) < 4.78 is 0. The third-order valence-electron chi connectivity index (χ3n) is 1.41. The fourth-order valence-electron chi connectivity index (χ4n) is 0.889. The number of allylic oxidation sites excluding steroid dienone is 1. The van der Waals surface area contributed by atoms with Gasteiger partial charge >= 0.3 is 0 Å². The number of hydrogen-bond acceptors (Lipinski definition) is 2. The van der Waals surface area contributed by atoms with Crippen molar-refractivity contribution in [2.24, 2.45) is 0 Å². The standard InChI is InChI=1S/C10H10N2/c1-9-5-4-7-10(12-9)6-2-3-8-11/h2,4-7H,3H2,1H3. The van der Waals surface area contributed by atoms with Gasteiger partial charge in [-0.15, -0.1) is 0 Å². The highest BCUT2D eigenvalue weighted by Gasteiger charge is 1.87. The highest BCUT2D eigenvalue weighted by atomic mass is 14.7. The van der Waals surface area contributed by atoms with E-state index in [-0.39, 0.29) is 0 Å². The first-order chi connectivity index (χ1) is 5.83. The molecule has 12 heavy (non-hydrogen) atoms. The third kappa shape index (κ3) is 2.55. The molecule has 1 rings (SSSR count). The van der Waals surface area contributed by atoms with Gasteiger partial charge in [0.05, 0.1) is 18.2 Å². The van der Waals surface area contributed by atoms with Crippen molar-refractivity contribution in [1.29, 1.82) is 5.26 Å². The van der Waals surface area contributed by atoms with Crippen LogP contribution in [0.25, 0.3) is 6.08 Å². The van der Waals surface area contributed by atoms with Gasteiger partial charge < -0.3 is 0 Å². The molecule has 0 N–H and O–H groups in total. The number of pyridine rings is 1. The first kappa shape index (κ1) is 8.48. The number of aromatic nitrogens is 1. The van der Waals surface area contributed by atoms with E-state index in [9.17, 15) is 0 Å². The Morgan fingerprint density at radius 3 is 3.08 bits per heavy atom. The van der Waals surface area contributed by atoms with Gasteiger partial charge in [0.2, 0.25) is 0 Å². The molecule has 1 aromatic rings. The van der Waals surface area contributed by atoms with Gasteiger partial charge in [0.25, 0.3) is 0 Å². The zero-order chi connectivity index (χ0) is 8.81. The normalized spacial score (nSPS) is 10.0. The molecule has 2 heteroatoms. The molecule has 0 amide bonds. The highest BCUT2D eigenvalue weighted by Crippen LogP contribution is 2.00. The maximum atomic E-state index is 8.28. The Balaban J connectivity index is 2.71. The molecule has 1 heterocycles. The van der Waals surface area contributed by atoms with Crippen molar-refractivity contribution in [3.8, 4) is 6.07 Å². The topological polar surface area (TPSA) is 36.7 Å². The smallest absolute Gasteiger partial charge is 0.0663 e. The van der Waals surface area contributed by atoms with Gasteiger partial charge in [-0.25, -0.2) is 0 Å². The summed E-state index contributed by atoms with van der Waals surface area (Å²) in [7, 11) is 0. The predicted molar refractivity (Wildman–Crippen MR) is 48.2 cm³/mol. The van der Waals surface area contributed by atoms with Gasteiger partial charge in [-0.3, -0.25) is 4.98 Å². The summed E-state index contributed by atoms with van der Waals surface area (Å²) >= 11 is 0. The van der Waals surface area contributed by atoms with Gasteiger partial charge in [0, 0.05) is 5.69 Å². The lowest BCUT2D eigenvalue weighted by Crippen LogP contribution is -1.82. The first-order valence-corrected chi connectivity index (χ1v) is 3.80. The van der Waals surface area contributed by atoms with Crippen molar-refractivity contribution in [1.82, 2.24) is 4.98 Å². The molecule has 0 bridgehead atoms. The molecule has 0 fully saturated rings. The predicted octanol–water partition coefficient (Wildman–Crippen LogP) is 2.32. The van der Waals surface area contributed by atoms with E-state index in [0.29, 0.717) is 6.42 Å². The SMILES string of the molecule is Cc1cccc(C=CCC#N)n1. The van der Waals surface area contributed by atoms with Crippen molar-refractivity contribution in [2.75, 3.05) is 0 Å². The average Bonchev–Trinajstić information content (AvgIpc) is 2.05. The highest BCUT2D eigenvalue weighted by molar-refractivity contribution is 5.44. The quantitative estimate of drug-likeness (QED) is 0.662. The molecule has 1 aromatic heterocycles. The molecule has 0 aliphatic heterocycles. The molecule has 0 atom stereocenters. The number of nitrogens with zero attached hydrogens (tertiary/aromatic N) is 2. The van der Waals surface area contributed by atoms with Crippen molar-refractivity contribution < 1.29 is 0 Å². The van der Waals surface area contributed by atoms with E-state index in [0.717, 1.165) is 11.4 Å². The molecule has 60 valence electrons. The molecule has 0 radical (unpaired) electrons. The summed E-state index contributed by atoms with van der Waals surface area (Å²) in [6, 6.07) is 7.85.